The highest BCUT2D eigenvalue weighted by Gasteiger charge is 2.18. The van der Waals surface area contributed by atoms with Crippen LogP contribution in [0.15, 0.2) is 71.5 Å². The summed E-state index contributed by atoms with van der Waals surface area (Å²) < 4.78 is 13.0. The molecule has 3 aromatic carbocycles. The summed E-state index contributed by atoms with van der Waals surface area (Å²) in [6, 6.07) is 21.2. The summed E-state index contributed by atoms with van der Waals surface area (Å²) in [5.74, 6) is 0.932. The van der Waals surface area contributed by atoms with Crippen LogP contribution < -0.4 is 25.7 Å². The number of amides is 1. The van der Waals surface area contributed by atoms with Crippen LogP contribution in [0.3, 0.4) is 0 Å². The number of aromatic nitrogens is 1. The topological polar surface area (TPSA) is 81.6 Å². The molecule has 0 saturated heterocycles. The number of nitrogens with zero attached hydrogens (tertiary/aromatic N) is 1. The number of carbonyl (C=O) groups is 1. The fraction of sp³-hybridized carbons (Fsp3) is 0.241. The Balaban J connectivity index is 1.48. The maximum absolute atomic E-state index is 13.6. The van der Waals surface area contributed by atoms with Gasteiger partial charge in [0.25, 0.3) is 5.56 Å². The van der Waals surface area contributed by atoms with Gasteiger partial charge in [-0.15, -0.1) is 0 Å². The maximum Gasteiger partial charge on any atom is 0.256 e. The van der Waals surface area contributed by atoms with Crippen LogP contribution in [0, 0.1) is 6.92 Å². The van der Waals surface area contributed by atoms with Crippen LogP contribution >= 0.6 is 0 Å². The normalized spacial score (nSPS) is 12.4. The fourth-order valence-electron chi connectivity index (χ4n) is 4.30. The van der Waals surface area contributed by atoms with Crippen molar-refractivity contribution in [1.82, 2.24) is 4.57 Å². The van der Waals surface area contributed by atoms with Crippen molar-refractivity contribution in [2.75, 3.05) is 23.8 Å². The quantitative estimate of drug-likeness (QED) is 0.391. The minimum absolute atomic E-state index is 0.122. The molecule has 1 aliphatic heterocycles. The van der Waals surface area contributed by atoms with Crippen LogP contribution in [0.2, 0.25) is 0 Å². The van der Waals surface area contributed by atoms with Crippen LogP contribution in [-0.2, 0) is 24.3 Å². The van der Waals surface area contributed by atoms with E-state index in [4.69, 9.17) is 9.47 Å². The van der Waals surface area contributed by atoms with E-state index in [2.05, 4.69) is 17.6 Å². The van der Waals surface area contributed by atoms with Gasteiger partial charge < -0.3 is 20.1 Å². The van der Waals surface area contributed by atoms with Crippen molar-refractivity contribution in [1.29, 1.82) is 0 Å². The van der Waals surface area contributed by atoms with Crippen molar-refractivity contribution in [2.45, 2.75) is 33.4 Å². The fourth-order valence-corrected chi connectivity index (χ4v) is 4.30. The number of hydrogen-bond acceptors (Lipinski definition) is 5. The zero-order valence-electron chi connectivity index (χ0n) is 20.5. The van der Waals surface area contributed by atoms with E-state index in [0.29, 0.717) is 48.0 Å². The second kappa shape index (κ2) is 10.2. The first-order chi connectivity index (χ1) is 17.5. The van der Waals surface area contributed by atoms with Crippen molar-refractivity contribution in [3.63, 3.8) is 0 Å². The van der Waals surface area contributed by atoms with Crippen molar-refractivity contribution in [3.05, 3.63) is 93.8 Å². The molecule has 2 N–H and O–H groups in total. The summed E-state index contributed by atoms with van der Waals surface area (Å²) in [4.78, 5) is 26.6. The highest BCUT2D eigenvalue weighted by Crippen LogP contribution is 2.34. The highest BCUT2D eigenvalue weighted by atomic mass is 16.6. The molecule has 0 atom stereocenters. The molecule has 0 unspecified atom stereocenters. The number of rotatable bonds is 7. The Morgan fingerprint density at radius 1 is 0.917 bits per heavy atom. The van der Waals surface area contributed by atoms with Crippen LogP contribution in [0.4, 0.5) is 11.4 Å². The molecule has 2 heterocycles. The minimum Gasteiger partial charge on any atom is -0.486 e. The monoisotopic (exact) mass is 483 g/mol. The molecule has 184 valence electrons. The average Bonchev–Trinajstić information content (AvgIpc) is 2.90. The molecule has 0 aliphatic carbocycles. The van der Waals surface area contributed by atoms with Gasteiger partial charge >= 0.3 is 0 Å². The van der Waals surface area contributed by atoms with E-state index in [1.807, 2.05) is 67.6 Å². The SMILES string of the molecule is CCc1ccc(NC(=O)Cn2c(=O)c(CNc3ccc(C)cc3)cc3cc4c(cc32)OCCO4)cc1. The van der Waals surface area contributed by atoms with Gasteiger partial charge in [0.15, 0.2) is 11.5 Å². The molecule has 0 spiro atoms. The predicted octanol–water partition coefficient (Wildman–Crippen LogP) is 4.89. The number of fused-ring (bicyclic) bond motifs is 2. The molecule has 7 heteroatoms. The molecule has 36 heavy (non-hydrogen) atoms. The largest absolute Gasteiger partial charge is 0.486 e. The zero-order chi connectivity index (χ0) is 25.1. The van der Waals surface area contributed by atoms with Crippen LogP contribution in [0.25, 0.3) is 10.9 Å². The van der Waals surface area contributed by atoms with Crippen molar-refractivity contribution >= 4 is 28.2 Å². The second-order valence-electron chi connectivity index (χ2n) is 8.93. The van der Waals surface area contributed by atoms with Crippen LogP contribution in [-0.4, -0.2) is 23.7 Å². The van der Waals surface area contributed by atoms with Gasteiger partial charge in [-0.3, -0.25) is 14.2 Å². The molecule has 1 amide bonds. The summed E-state index contributed by atoms with van der Waals surface area (Å²) in [6.07, 6.45) is 0.926. The average molecular weight is 484 g/mol. The first kappa shape index (κ1) is 23.5. The molecule has 0 saturated carbocycles. The number of hydrogen-bond donors (Lipinski definition) is 2. The second-order valence-corrected chi connectivity index (χ2v) is 8.93. The van der Waals surface area contributed by atoms with Gasteiger partial charge in [-0.1, -0.05) is 36.8 Å². The lowest BCUT2D eigenvalue weighted by atomic mass is 10.1. The van der Waals surface area contributed by atoms with Gasteiger partial charge in [0.2, 0.25) is 5.91 Å². The van der Waals surface area contributed by atoms with Gasteiger partial charge in [-0.2, -0.15) is 0 Å². The standard InChI is InChI=1S/C29H29N3O4/c1-3-20-6-10-24(11-7-20)31-28(33)18-32-25-16-27-26(35-12-13-36-27)15-21(25)14-22(29(32)34)17-30-23-8-4-19(2)5-9-23/h4-11,14-16,30H,3,12-13,17-18H2,1-2H3,(H,31,33). The van der Waals surface area contributed by atoms with Gasteiger partial charge in [-0.25, -0.2) is 0 Å². The van der Waals surface area contributed by atoms with E-state index in [1.54, 1.807) is 6.07 Å². The molecule has 5 rings (SSSR count). The van der Waals surface area contributed by atoms with E-state index in [-0.39, 0.29) is 18.0 Å². The van der Waals surface area contributed by atoms with Gasteiger partial charge in [0.05, 0.1) is 5.52 Å². The summed E-state index contributed by atoms with van der Waals surface area (Å²) in [7, 11) is 0. The molecule has 4 aromatic rings. The molecule has 0 radical (unpaired) electrons. The number of carbonyl (C=O) groups excluding carboxylic acids is 1. The summed E-state index contributed by atoms with van der Waals surface area (Å²) >= 11 is 0. The number of ether oxygens (including phenoxy) is 2. The Kier molecular flexibility index (Phi) is 6.62. The Morgan fingerprint density at radius 3 is 2.28 bits per heavy atom. The lowest BCUT2D eigenvalue weighted by Gasteiger charge is -2.21. The van der Waals surface area contributed by atoms with Gasteiger partial charge in [0.1, 0.15) is 19.8 Å². The van der Waals surface area contributed by atoms with Crippen molar-refractivity contribution < 1.29 is 14.3 Å². The van der Waals surface area contributed by atoms with Crippen LogP contribution in [0.1, 0.15) is 23.6 Å². The number of benzene rings is 3. The van der Waals surface area contributed by atoms with Crippen LogP contribution in [0.5, 0.6) is 11.5 Å². The van der Waals surface area contributed by atoms with Crippen molar-refractivity contribution in [2.24, 2.45) is 0 Å². The zero-order valence-corrected chi connectivity index (χ0v) is 20.5. The third-order valence-corrected chi connectivity index (χ3v) is 6.31. The van der Waals surface area contributed by atoms with E-state index in [1.165, 1.54) is 10.1 Å². The molecular weight excluding hydrogens is 454 g/mol. The first-order valence-corrected chi connectivity index (χ1v) is 12.2. The smallest absolute Gasteiger partial charge is 0.256 e. The van der Waals surface area contributed by atoms with E-state index in [0.717, 1.165) is 23.1 Å². The summed E-state index contributed by atoms with van der Waals surface area (Å²) in [5.41, 5.74) is 4.92. The number of anilines is 2. The third-order valence-electron chi connectivity index (χ3n) is 6.31. The summed E-state index contributed by atoms with van der Waals surface area (Å²) in [5, 5.41) is 7.03. The Labute approximate surface area is 209 Å². The molecule has 0 bridgehead atoms. The summed E-state index contributed by atoms with van der Waals surface area (Å²) in [6.45, 7) is 5.23. The van der Waals surface area contributed by atoms with E-state index in [9.17, 15) is 9.59 Å². The number of aryl methyl sites for hydroxylation is 2. The molecule has 1 aliphatic rings. The minimum atomic E-state index is -0.277. The van der Waals surface area contributed by atoms with E-state index >= 15 is 0 Å². The Morgan fingerprint density at radius 2 is 1.58 bits per heavy atom. The number of nitrogens with one attached hydrogen (secondary N) is 2. The third kappa shape index (κ3) is 5.05. The molecule has 7 nitrogen and oxygen atoms in total. The highest BCUT2D eigenvalue weighted by molar-refractivity contribution is 5.92. The maximum atomic E-state index is 13.6. The molecule has 0 fully saturated rings. The first-order valence-electron chi connectivity index (χ1n) is 12.2. The number of pyridine rings is 1. The van der Waals surface area contributed by atoms with Gasteiger partial charge in [0, 0.05) is 34.9 Å². The molecular formula is C29H29N3O4. The lowest BCUT2D eigenvalue weighted by Crippen LogP contribution is -2.31. The Bertz CT molecular complexity index is 1460. The predicted molar refractivity (Wildman–Crippen MR) is 142 cm³/mol. The Hall–Kier alpha value is -4.26. The lowest BCUT2D eigenvalue weighted by molar-refractivity contribution is -0.116. The van der Waals surface area contributed by atoms with Crippen molar-refractivity contribution in [3.8, 4) is 11.5 Å². The molecule has 1 aromatic heterocycles. The van der Waals surface area contributed by atoms with Gasteiger partial charge in [-0.05, 0) is 55.3 Å². The van der Waals surface area contributed by atoms with E-state index < -0.39 is 0 Å².